The number of hydrogen-bond acceptors (Lipinski definition) is 2. The SMILES string of the molecule is C=C(OC)c1cc(Br)cc(NC(=O)Cc2ccccc2Cl)c1. The average molecular weight is 381 g/mol. The summed E-state index contributed by atoms with van der Waals surface area (Å²) in [5.41, 5.74) is 2.25. The molecule has 1 amide bonds. The fourth-order valence-electron chi connectivity index (χ4n) is 1.96. The summed E-state index contributed by atoms with van der Waals surface area (Å²) in [5, 5.41) is 3.44. The third-order valence-corrected chi connectivity index (χ3v) is 3.89. The fraction of sp³-hybridized carbons (Fsp3) is 0.118. The monoisotopic (exact) mass is 379 g/mol. The van der Waals surface area contributed by atoms with Gasteiger partial charge in [-0.15, -0.1) is 0 Å². The summed E-state index contributed by atoms with van der Waals surface area (Å²) >= 11 is 9.48. The molecule has 3 nitrogen and oxygen atoms in total. The van der Waals surface area contributed by atoms with Crippen molar-refractivity contribution in [3.63, 3.8) is 0 Å². The summed E-state index contributed by atoms with van der Waals surface area (Å²) in [6, 6.07) is 12.8. The first-order valence-corrected chi connectivity index (χ1v) is 7.74. The highest BCUT2D eigenvalue weighted by molar-refractivity contribution is 9.10. The van der Waals surface area contributed by atoms with Crippen molar-refractivity contribution >= 4 is 44.9 Å². The van der Waals surface area contributed by atoms with Gasteiger partial charge in [-0.25, -0.2) is 0 Å². The highest BCUT2D eigenvalue weighted by atomic mass is 79.9. The second-order valence-corrected chi connectivity index (χ2v) is 6.00. The fourth-order valence-corrected chi connectivity index (χ4v) is 2.66. The molecule has 0 saturated carbocycles. The van der Waals surface area contributed by atoms with Crippen molar-refractivity contribution in [1.82, 2.24) is 0 Å². The molecule has 0 aliphatic carbocycles. The maximum Gasteiger partial charge on any atom is 0.228 e. The highest BCUT2D eigenvalue weighted by Crippen LogP contribution is 2.24. The van der Waals surface area contributed by atoms with E-state index in [0.29, 0.717) is 16.5 Å². The number of carbonyl (C=O) groups is 1. The minimum Gasteiger partial charge on any atom is -0.497 e. The number of hydrogen-bond donors (Lipinski definition) is 1. The molecule has 2 rings (SSSR count). The minimum atomic E-state index is -0.139. The zero-order chi connectivity index (χ0) is 16.1. The van der Waals surface area contributed by atoms with E-state index >= 15 is 0 Å². The lowest BCUT2D eigenvalue weighted by atomic mass is 10.1. The van der Waals surface area contributed by atoms with Crippen molar-refractivity contribution in [2.45, 2.75) is 6.42 Å². The molecule has 1 N–H and O–H groups in total. The molecule has 0 spiro atoms. The lowest BCUT2D eigenvalue weighted by molar-refractivity contribution is -0.115. The van der Waals surface area contributed by atoms with Gasteiger partial charge in [0.2, 0.25) is 5.91 Å². The summed E-state index contributed by atoms with van der Waals surface area (Å²) < 4.78 is 5.95. The lowest BCUT2D eigenvalue weighted by Gasteiger charge is -2.10. The topological polar surface area (TPSA) is 38.3 Å². The van der Waals surface area contributed by atoms with Gasteiger partial charge in [0.15, 0.2) is 0 Å². The zero-order valence-electron chi connectivity index (χ0n) is 12.0. The molecule has 0 atom stereocenters. The summed E-state index contributed by atoms with van der Waals surface area (Å²) in [7, 11) is 1.55. The van der Waals surface area contributed by atoms with E-state index in [4.69, 9.17) is 16.3 Å². The number of benzene rings is 2. The van der Waals surface area contributed by atoms with Crippen LogP contribution in [0.1, 0.15) is 11.1 Å². The van der Waals surface area contributed by atoms with Gasteiger partial charge in [-0.05, 0) is 29.8 Å². The third kappa shape index (κ3) is 4.36. The molecule has 0 aliphatic rings. The first-order chi connectivity index (χ1) is 10.5. The van der Waals surface area contributed by atoms with Crippen LogP contribution in [0.25, 0.3) is 5.76 Å². The first-order valence-electron chi connectivity index (χ1n) is 6.56. The van der Waals surface area contributed by atoms with E-state index in [9.17, 15) is 4.79 Å². The molecule has 0 aliphatic heterocycles. The Morgan fingerprint density at radius 2 is 2.05 bits per heavy atom. The number of carbonyl (C=O) groups excluding carboxylic acids is 1. The molecule has 0 radical (unpaired) electrons. The molecule has 0 aromatic heterocycles. The van der Waals surface area contributed by atoms with E-state index in [2.05, 4.69) is 27.8 Å². The van der Waals surface area contributed by atoms with Gasteiger partial charge >= 0.3 is 0 Å². The first kappa shape index (κ1) is 16.6. The summed E-state index contributed by atoms with van der Waals surface area (Å²) in [5.74, 6) is 0.392. The largest absolute Gasteiger partial charge is 0.497 e. The Morgan fingerprint density at radius 1 is 1.32 bits per heavy atom. The van der Waals surface area contributed by atoms with Crippen LogP contribution in [0, 0.1) is 0 Å². The van der Waals surface area contributed by atoms with Gasteiger partial charge in [0.25, 0.3) is 0 Å². The van der Waals surface area contributed by atoms with Gasteiger partial charge in [-0.3, -0.25) is 4.79 Å². The third-order valence-electron chi connectivity index (χ3n) is 3.06. The molecule has 0 unspecified atom stereocenters. The molecule has 114 valence electrons. The summed E-state index contributed by atoms with van der Waals surface area (Å²) in [6.07, 6.45) is 0.215. The Kier molecular flexibility index (Phi) is 5.63. The predicted octanol–water partition coefficient (Wildman–Crippen LogP) is 4.90. The van der Waals surface area contributed by atoms with Crippen LogP contribution in [-0.2, 0) is 16.0 Å². The quantitative estimate of drug-likeness (QED) is 0.749. The van der Waals surface area contributed by atoms with Crippen LogP contribution in [0.5, 0.6) is 0 Å². The van der Waals surface area contributed by atoms with Crippen molar-refractivity contribution < 1.29 is 9.53 Å². The molecule has 22 heavy (non-hydrogen) atoms. The van der Waals surface area contributed by atoms with Crippen molar-refractivity contribution in [2.24, 2.45) is 0 Å². The number of methoxy groups -OCH3 is 1. The van der Waals surface area contributed by atoms with Crippen molar-refractivity contribution in [2.75, 3.05) is 12.4 Å². The van der Waals surface area contributed by atoms with Gasteiger partial charge in [-0.1, -0.05) is 52.3 Å². The zero-order valence-corrected chi connectivity index (χ0v) is 14.4. The highest BCUT2D eigenvalue weighted by Gasteiger charge is 2.09. The van der Waals surface area contributed by atoms with E-state index in [0.717, 1.165) is 15.6 Å². The van der Waals surface area contributed by atoms with E-state index in [-0.39, 0.29) is 12.3 Å². The van der Waals surface area contributed by atoms with Crippen LogP contribution in [-0.4, -0.2) is 13.0 Å². The van der Waals surface area contributed by atoms with Gasteiger partial charge in [0, 0.05) is 20.7 Å². The minimum absolute atomic E-state index is 0.139. The number of rotatable bonds is 5. The Morgan fingerprint density at radius 3 is 2.73 bits per heavy atom. The number of nitrogens with one attached hydrogen (secondary N) is 1. The summed E-state index contributed by atoms with van der Waals surface area (Å²) in [6.45, 7) is 3.81. The van der Waals surface area contributed by atoms with Crippen molar-refractivity contribution in [3.8, 4) is 0 Å². The Balaban J connectivity index is 2.13. The van der Waals surface area contributed by atoms with Gasteiger partial charge < -0.3 is 10.1 Å². The summed E-state index contributed by atoms with van der Waals surface area (Å²) in [4.78, 5) is 12.2. The Hall–Kier alpha value is -1.78. The maximum atomic E-state index is 12.2. The molecule has 0 fully saturated rings. The molecule has 2 aromatic carbocycles. The second-order valence-electron chi connectivity index (χ2n) is 4.67. The van der Waals surface area contributed by atoms with E-state index < -0.39 is 0 Å². The molecule has 0 bridgehead atoms. The van der Waals surface area contributed by atoms with Crippen molar-refractivity contribution in [3.05, 3.63) is 69.7 Å². The number of halogens is 2. The van der Waals surface area contributed by atoms with Crippen LogP contribution in [0.3, 0.4) is 0 Å². The normalized spacial score (nSPS) is 10.1. The van der Waals surface area contributed by atoms with Crippen LogP contribution in [0.15, 0.2) is 53.5 Å². The lowest BCUT2D eigenvalue weighted by Crippen LogP contribution is -2.14. The van der Waals surface area contributed by atoms with E-state index in [1.807, 2.05) is 30.3 Å². The van der Waals surface area contributed by atoms with Crippen LogP contribution >= 0.6 is 27.5 Å². The molecule has 0 saturated heterocycles. The van der Waals surface area contributed by atoms with E-state index in [1.54, 1.807) is 19.2 Å². The molecule has 2 aromatic rings. The second kappa shape index (κ2) is 7.47. The van der Waals surface area contributed by atoms with Gasteiger partial charge in [-0.2, -0.15) is 0 Å². The smallest absolute Gasteiger partial charge is 0.228 e. The standard InChI is InChI=1S/C17H15BrClNO2/c1-11(22-2)13-7-14(18)10-15(8-13)20-17(21)9-12-5-3-4-6-16(12)19/h3-8,10H,1,9H2,2H3,(H,20,21). The molecule has 0 heterocycles. The van der Waals surface area contributed by atoms with E-state index in [1.165, 1.54) is 0 Å². The van der Waals surface area contributed by atoms with Gasteiger partial charge in [0.05, 0.1) is 13.5 Å². The van der Waals surface area contributed by atoms with Crippen LogP contribution < -0.4 is 5.32 Å². The molecular formula is C17H15BrClNO2. The Bertz CT molecular complexity index is 716. The molecule has 5 heteroatoms. The van der Waals surface area contributed by atoms with Crippen LogP contribution in [0.4, 0.5) is 5.69 Å². The van der Waals surface area contributed by atoms with Crippen LogP contribution in [0.2, 0.25) is 5.02 Å². The molecular weight excluding hydrogens is 366 g/mol. The number of ether oxygens (including phenoxy) is 1. The maximum absolute atomic E-state index is 12.2. The van der Waals surface area contributed by atoms with Gasteiger partial charge in [0.1, 0.15) is 5.76 Å². The predicted molar refractivity (Wildman–Crippen MR) is 94.0 cm³/mol. The number of anilines is 1. The Labute approximate surface area is 143 Å². The average Bonchev–Trinajstić information content (AvgIpc) is 2.48. The van der Waals surface area contributed by atoms with Crippen molar-refractivity contribution in [1.29, 1.82) is 0 Å². The number of amides is 1.